The minimum Gasteiger partial charge on any atom is -0.367 e. The average molecular weight is 162 g/mol. The zero-order valence-corrected chi connectivity index (χ0v) is 7.54. The number of hydrogen-bond donors (Lipinski definition) is 1. The second-order valence-electron chi connectivity index (χ2n) is 3.68. The molecule has 2 unspecified atom stereocenters. The van der Waals surface area contributed by atoms with Crippen molar-refractivity contribution in [2.45, 2.75) is 26.3 Å². The van der Waals surface area contributed by atoms with Crippen molar-refractivity contribution in [2.24, 2.45) is 5.92 Å². The van der Waals surface area contributed by atoms with Gasteiger partial charge >= 0.3 is 0 Å². The summed E-state index contributed by atoms with van der Waals surface area (Å²) < 4.78 is 0. The molecule has 1 heterocycles. The van der Waals surface area contributed by atoms with E-state index in [1.54, 1.807) is 0 Å². The van der Waals surface area contributed by atoms with Crippen LogP contribution < -0.4 is 5.32 Å². The lowest BCUT2D eigenvalue weighted by atomic mass is 10.3. The molecule has 1 saturated carbocycles. The lowest BCUT2D eigenvalue weighted by Gasteiger charge is -2.02. The number of nitrogens with one attached hydrogen (secondary N) is 1. The van der Waals surface area contributed by atoms with Crippen molar-refractivity contribution in [2.75, 3.05) is 5.32 Å². The fourth-order valence-corrected chi connectivity index (χ4v) is 1.27. The van der Waals surface area contributed by atoms with Crippen LogP contribution in [-0.4, -0.2) is 11.0 Å². The first-order valence-electron chi connectivity index (χ1n) is 4.45. The van der Waals surface area contributed by atoms with Crippen LogP contribution in [-0.2, 0) is 0 Å². The molecule has 12 heavy (non-hydrogen) atoms. The maximum atomic E-state index is 4.28. The summed E-state index contributed by atoms with van der Waals surface area (Å²) in [6, 6.07) is 4.79. The van der Waals surface area contributed by atoms with Crippen molar-refractivity contribution in [1.82, 2.24) is 4.98 Å². The average Bonchev–Trinajstić information content (AvgIpc) is 2.72. The Kier molecular flexibility index (Phi) is 1.75. The van der Waals surface area contributed by atoms with Crippen LogP contribution in [0.4, 0.5) is 5.82 Å². The second-order valence-corrected chi connectivity index (χ2v) is 3.68. The summed E-state index contributed by atoms with van der Waals surface area (Å²) in [4.78, 5) is 4.28. The minimum absolute atomic E-state index is 0.667. The largest absolute Gasteiger partial charge is 0.367 e. The van der Waals surface area contributed by atoms with Crippen LogP contribution in [0.5, 0.6) is 0 Å². The third-order valence-electron chi connectivity index (χ3n) is 2.35. The van der Waals surface area contributed by atoms with E-state index < -0.39 is 0 Å². The summed E-state index contributed by atoms with van der Waals surface area (Å²) in [5.41, 5.74) is 1.21. The van der Waals surface area contributed by atoms with E-state index in [1.165, 1.54) is 12.0 Å². The maximum Gasteiger partial charge on any atom is 0.126 e. The number of hydrogen-bond acceptors (Lipinski definition) is 2. The Morgan fingerprint density at radius 1 is 1.50 bits per heavy atom. The molecule has 2 nitrogen and oxygen atoms in total. The molecule has 0 amide bonds. The number of anilines is 1. The number of rotatable bonds is 2. The zero-order chi connectivity index (χ0) is 8.55. The number of pyridine rings is 1. The Hall–Kier alpha value is -1.05. The van der Waals surface area contributed by atoms with Crippen LogP contribution in [0.1, 0.15) is 18.9 Å². The number of aromatic nitrogens is 1. The van der Waals surface area contributed by atoms with Gasteiger partial charge in [0.15, 0.2) is 0 Å². The molecule has 0 aromatic carbocycles. The van der Waals surface area contributed by atoms with Crippen LogP contribution >= 0.6 is 0 Å². The summed E-state index contributed by atoms with van der Waals surface area (Å²) in [7, 11) is 0. The van der Waals surface area contributed by atoms with Crippen LogP contribution in [0.25, 0.3) is 0 Å². The Morgan fingerprint density at radius 2 is 2.25 bits per heavy atom. The lowest BCUT2D eigenvalue weighted by molar-refractivity contribution is 0.923. The molecule has 2 rings (SSSR count). The van der Waals surface area contributed by atoms with E-state index in [9.17, 15) is 0 Å². The molecule has 1 N–H and O–H groups in total. The summed E-state index contributed by atoms with van der Waals surface area (Å²) >= 11 is 0. The van der Waals surface area contributed by atoms with Crippen LogP contribution in [0.15, 0.2) is 18.3 Å². The monoisotopic (exact) mass is 162 g/mol. The predicted molar refractivity (Wildman–Crippen MR) is 50.2 cm³/mol. The molecule has 0 bridgehead atoms. The van der Waals surface area contributed by atoms with Crippen molar-refractivity contribution in [3.8, 4) is 0 Å². The van der Waals surface area contributed by atoms with Gasteiger partial charge in [0.2, 0.25) is 0 Å². The molecule has 2 atom stereocenters. The topological polar surface area (TPSA) is 24.9 Å². The first-order valence-corrected chi connectivity index (χ1v) is 4.45. The molecule has 1 fully saturated rings. The predicted octanol–water partition coefficient (Wildman–Crippen LogP) is 2.21. The molecule has 1 aliphatic carbocycles. The molecule has 0 radical (unpaired) electrons. The third-order valence-corrected chi connectivity index (χ3v) is 2.35. The lowest BCUT2D eigenvalue weighted by Crippen LogP contribution is -2.04. The van der Waals surface area contributed by atoms with E-state index >= 15 is 0 Å². The minimum atomic E-state index is 0.667. The van der Waals surface area contributed by atoms with Gasteiger partial charge in [0.25, 0.3) is 0 Å². The van der Waals surface area contributed by atoms with Gasteiger partial charge in [0.1, 0.15) is 5.82 Å². The van der Waals surface area contributed by atoms with Gasteiger partial charge in [-0.15, -0.1) is 0 Å². The van der Waals surface area contributed by atoms with Crippen molar-refractivity contribution >= 4 is 5.82 Å². The highest BCUT2D eigenvalue weighted by molar-refractivity contribution is 5.38. The Labute approximate surface area is 73.0 Å². The Morgan fingerprint density at radius 3 is 2.75 bits per heavy atom. The van der Waals surface area contributed by atoms with E-state index in [4.69, 9.17) is 0 Å². The third kappa shape index (κ3) is 1.58. The van der Waals surface area contributed by atoms with Crippen LogP contribution in [0, 0.1) is 12.8 Å². The molecule has 0 spiro atoms. The fraction of sp³-hybridized carbons (Fsp3) is 0.500. The Balaban J connectivity index is 2.00. The fourth-order valence-electron chi connectivity index (χ4n) is 1.27. The normalized spacial score (nSPS) is 26.8. The SMILES string of the molecule is Cc1ccc(NC2CC2C)nc1. The molecule has 1 aliphatic rings. The quantitative estimate of drug-likeness (QED) is 0.721. The molecule has 64 valence electrons. The highest BCUT2D eigenvalue weighted by Crippen LogP contribution is 2.31. The molecule has 1 aromatic heterocycles. The van der Waals surface area contributed by atoms with E-state index in [-0.39, 0.29) is 0 Å². The van der Waals surface area contributed by atoms with Crippen molar-refractivity contribution in [1.29, 1.82) is 0 Å². The molecule has 2 heteroatoms. The van der Waals surface area contributed by atoms with Crippen molar-refractivity contribution in [3.05, 3.63) is 23.9 Å². The van der Waals surface area contributed by atoms with Crippen LogP contribution in [0.2, 0.25) is 0 Å². The van der Waals surface area contributed by atoms with Gasteiger partial charge in [-0.25, -0.2) is 4.98 Å². The van der Waals surface area contributed by atoms with Crippen molar-refractivity contribution in [3.63, 3.8) is 0 Å². The highest BCUT2D eigenvalue weighted by Gasteiger charge is 2.32. The molecule has 1 aromatic rings. The first kappa shape index (κ1) is 7.59. The summed E-state index contributed by atoms with van der Waals surface area (Å²) in [6.45, 7) is 4.31. The van der Waals surface area contributed by atoms with Crippen LogP contribution in [0.3, 0.4) is 0 Å². The van der Waals surface area contributed by atoms with Gasteiger partial charge in [-0.05, 0) is 30.9 Å². The van der Waals surface area contributed by atoms with Gasteiger partial charge < -0.3 is 5.32 Å². The molecular formula is C10H14N2. The highest BCUT2D eigenvalue weighted by atomic mass is 15.0. The van der Waals surface area contributed by atoms with Gasteiger partial charge in [-0.2, -0.15) is 0 Å². The van der Waals surface area contributed by atoms with Gasteiger partial charge in [-0.1, -0.05) is 13.0 Å². The zero-order valence-electron chi connectivity index (χ0n) is 7.54. The van der Waals surface area contributed by atoms with E-state index in [0.29, 0.717) is 6.04 Å². The van der Waals surface area contributed by atoms with Gasteiger partial charge in [-0.3, -0.25) is 0 Å². The molecular weight excluding hydrogens is 148 g/mol. The molecule has 0 saturated heterocycles. The van der Waals surface area contributed by atoms with E-state index in [2.05, 4.69) is 30.2 Å². The van der Waals surface area contributed by atoms with E-state index in [1.807, 2.05) is 12.3 Å². The summed E-state index contributed by atoms with van der Waals surface area (Å²) in [5, 5.41) is 3.38. The second kappa shape index (κ2) is 2.77. The smallest absolute Gasteiger partial charge is 0.126 e. The first-order chi connectivity index (χ1) is 5.75. The summed E-state index contributed by atoms with van der Waals surface area (Å²) in [5.74, 6) is 1.84. The van der Waals surface area contributed by atoms with Crippen molar-refractivity contribution < 1.29 is 0 Å². The van der Waals surface area contributed by atoms with Gasteiger partial charge in [0.05, 0.1) is 0 Å². The molecule has 0 aliphatic heterocycles. The van der Waals surface area contributed by atoms with E-state index in [0.717, 1.165) is 11.7 Å². The van der Waals surface area contributed by atoms with Gasteiger partial charge in [0, 0.05) is 12.2 Å². The Bertz CT molecular complexity index is 266. The number of nitrogens with zero attached hydrogens (tertiary/aromatic N) is 1. The standard InChI is InChI=1S/C10H14N2/c1-7-3-4-10(11-6-7)12-9-5-8(9)2/h3-4,6,8-9H,5H2,1-2H3,(H,11,12). The maximum absolute atomic E-state index is 4.28. The number of aryl methyl sites for hydroxylation is 1. The summed E-state index contributed by atoms with van der Waals surface area (Å²) in [6.07, 6.45) is 3.19.